The molecule has 1 aliphatic rings. The highest BCUT2D eigenvalue weighted by Crippen LogP contribution is 2.39. The molecule has 1 amide bonds. The average molecular weight is 522 g/mol. The van der Waals surface area contributed by atoms with Crippen LogP contribution in [0, 0.1) is 0 Å². The third-order valence-corrected chi connectivity index (χ3v) is 5.89. The van der Waals surface area contributed by atoms with E-state index in [1.165, 1.54) is 35.4 Å². The van der Waals surface area contributed by atoms with Crippen LogP contribution in [-0.2, 0) is 12.4 Å². The van der Waals surface area contributed by atoms with E-state index in [0.717, 1.165) is 6.20 Å². The number of aromatic nitrogens is 4. The third-order valence-electron chi connectivity index (χ3n) is 5.89. The van der Waals surface area contributed by atoms with E-state index in [1.54, 1.807) is 0 Å². The number of fused-ring (bicyclic) bond motifs is 1. The second-order valence-electron chi connectivity index (χ2n) is 8.25. The van der Waals surface area contributed by atoms with Gasteiger partial charge in [-0.3, -0.25) is 9.59 Å². The molecule has 1 aliphatic heterocycles. The summed E-state index contributed by atoms with van der Waals surface area (Å²) in [5.41, 5.74) is -4.58. The van der Waals surface area contributed by atoms with Crippen molar-refractivity contribution < 1.29 is 31.1 Å². The fourth-order valence-corrected chi connectivity index (χ4v) is 4.07. The van der Waals surface area contributed by atoms with Gasteiger partial charge in [-0.15, -0.1) is 0 Å². The van der Waals surface area contributed by atoms with E-state index in [2.05, 4.69) is 20.4 Å². The van der Waals surface area contributed by atoms with Crippen LogP contribution in [0.1, 0.15) is 28.0 Å². The highest BCUT2D eigenvalue weighted by atomic mass is 19.4. The number of pyridine rings is 2. The Morgan fingerprint density at radius 1 is 1.00 bits per heavy atom. The van der Waals surface area contributed by atoms with Crippen LogP contribution in [0.2, 0.25) is 0 Å². The highest BCUT2D eigenvalue weighted by molar-refractivity contribution is 6.05. The average Bonchev–Trinajstić information content (AvgIpc) is 3.24. The summed E-state index contributed by atoms with van der Waals surface area (Å²) >= 11 is 0. The van der Waals surface area contributed by atoms with E-state index in [4.69, 9.17) is 0 Å². The van der Waals surface area contributed by atoms with Gasteiger partial charge in [0.05, 0.1) is 29.3 Å². The van der Waals surface area contributed by atoms with Gasteiger partial charge in [-0.1, -0.05) is 6.07 Å². The van der Waals surface area contributed by atoms with Gasteiger partial charge in [-0.05, 0) is 30.7 Å². The van der Waals surface area contributed by atoms with Crippen molar-refractivity contribution in [3.63, 3.8) is 0 Å². The van der Waals surface area contributed by atoms with Crippen LogP contribution in [0.4, 0.5) is 37.8 Å². The minimum absolute atomic E-state index is 0.0997. The Hall–Kier alpha value is -4.36. The van der Waals surface area contributed by atoms with Crippen LogP contribution in [0.15, 0.2) is 53.7 Å². The van der Waals surface area contributed by atoms with E-state index in [1.807, 2.05) is 0 Å². The summed E-state index contributed by atoms with van der Waals surface area (Å²) in [6.07, 6.45) is -6.30. The van der Waals surface area contributed by atoms with E-state index in [9.17, 15) is 35.9 Å². The third kappa shape index (κ3) is 4.38. The number of H-pyrrole nitrogens is 1. The lowest BCUT2D eigenvalue weighted by Gasteiger charge is -2.33. The van der Waals surface area contributed by atoms with Gasteiger partial charge in [0.2, 0.25) is 0 Å². The number of anilines is 2. The van der Waals surface area contributed by atoms with Crippen LogP contribution in [0.5, 0.6) is 0 Å². The number of rotatable bonds is 4. The molecular formula is C23H16F6N6O2. The normalized spacial score (nSPS) is 14.1. The summed E-state index contributed by atoms with van der Waals surface area (Å²) in [7, 11) is 0. The first-order valence-electron chi connectivity index (χ1n) is 10.8. The van der Waals surface area contributed by atoms with Gasteiger partial charge in [-0.2, -0.15) is 31.4 Å². The van der Waals surface area contributed by atoms with Crippen molar-refractivity contribution in [2.24, 2.45) is 0 Å². The van der Waals surface area contributed by atoms with Crippen LogP contribution >= 0.6 is 0 Å². The zero-order chi connectivity index (χ0) is 26.5. The minimum atomic E-state index is -5.08. The second-order valence-corrected chi connectivity index (χ2v) is 8.25. The van der Waals surface area contributed by atoms with Gasteiger partial charge in [0.15, 0.2) is 5.69 Å². The number of halogens is 6. The topological polar surface area (TPSA) is 95.9 Å². The molecule has 2 N–H and O–H groups in total. The standard InChI is InChI=1S/C23H16F6N6O2/c24-22(25,26)16-9-12(10-31-19(16)34-7-2-8-34)33-21(37)15-11-32-35(18(15)23(27,28)29)17-4-1-3-14-13(17)5-6-30-20(14)36/h1,3-6,9-11H,2,7-8H2,(H,30,36)(H,33,37). The maximum Gasteiger partial charge on any atom is 0.434 e. The molecule has 0 radical (unpaired) electrons. The zero-order valence-electron chi connectivity index (χ0n) is 18.6. The number of carbonyl (C=O) groups excluding carboxylic acids is 1. The van der Waals surface area contributed by atoms with E-state index < -0.39 is 46.3 Å². The van der Waals surface area contributed by atoms with Crippen molar-refractivity contribution in [3.8, 4) is 5.69 Å². The predicted octanol–water partition coefficient (Wildman–Crippen LogP) is 4.61. The largest absolute Gasteiger partial charge is 0.434 e. The van der Waals surface area contributed by atoms with Crippen molar-refractivity contribution in [3.05, 3.63) is 76.1 Å². The maximum absolute atomic E-state index is 14.1. The van der Waals surface area contributed by atoms with Crippen molar-refractivity contribution >= 4 is 28.2 Å². The molecular weight excluding hydrogens is 506 g/mol. The lowest BCUT2D eigenvalue weighted by atomic mass is 10.1. The number of amides is 1. The first-order valence-corrected chi connectivity index (χ1v) is 10.8. The summed E-state index contributed by atoms with van der Waals surface area (Å²) in [6, 6.07) is 6.08. The lowest BCUT2D eigenvalue weighted by Crippen LogP contribution is -2.39. The van der Waals surface area contributed by atoms with Crippen LogP contribution in [-0.4, -0.2) is 38.7 Å². The molecule has 14 heteroatoms. The molecule has 192 valence electrons. The van der Waals surface area contributed by atoms with Gasteiger partial charge >= 0.3 is 12.4 Å². The summed E-state index contributed by atoms with van der Waals surface area (Å²) in [6.45, 7) is 0.770. The van der Waals surface area contributed by atoms with Gasteiger partial charge in [0.25, 0.3) is 11.5 Å². The van der Waals surface area contributed by atoms with Gasteiger partial charge in [0, 0.05) is 30.1 Å². The number of nitrogens with zero attached hydrogens (tertiary/aromatic N) is 4. The molecule has 0 atom stereocenters. The number of benzene rings is 1. The summed E-state index contributed by atoms with van der Waals surface area (Å²) in [4.78, 5) is 32.6. The van der Waals surface area contributed by atoms with E-state index >= 15 is 0 Å². The van der Waals surface area contributed by atoms with Gasteiger partial charge < -0.3 is 15.2 Å². The molecule has 37 heavy (non-hydrogen) atoms. The number of alkyl halides is 6. The van der Waals surface area contributed by atoms with Crippen molar-refractivity contribution in [2.75, 3.05) is 23.3 Å². The zero-order valence-corrected chi connectivity index (χ0v) is 18.6. The van der Waals surface area contributed by atoms with Crippen molar-refractivity contribution in [1.82, 2.24) is 19.7 Å². The Balaban J connectivity index is 1.56. The maximum atomic E-state index is 14.1. The Morgan fingerprint density at radius 3 is 2.41 bits per heavy atom. The molecule has 1 saturated heterocycles. The molecule has 3 aromatic heterocycles. The molecule has 0 unspecified atom stereocenters. The smallest absolute Gasteiger partial charge is 0.356 e. The molecule has 1 fully saturated rings. The predicted molar refractivity (Wildman–Crippen MR) is 121 cm³/mol. The number of nitrogens with one attached hydrogen (secondary N) is 2. The van der Waals surface area contributed by atoms with Crippen molar-refractivity contribution in [2.45, 2.75) is 18.8 Å². The molecule has 0 bridgehead atoms. The van der Waals surface area contributed by atoms with Crippen LogP contribution in [0.3, 0.4) is 0 Å². The monoisotopic (exact) mass is 522 g/mol. The Labute approximate surface area is 203 Å². The number of aromatic amines is 1. The Bertz CT molecular complexity index is 1570. The van der Waals surface area contributed by atoms with Gasteiger partial charge in [0.1, 0.15) is 11.4 Å². The summed E-state index contributed by atoms with van der Waals surface area (Å²) < 4.78 is 83.7. The number of hydrogen-bond acceptors (Lipinski definition) is 5. The molecule has 0 aliphatic carbocycles. The molecule has 0 spiro atoms. The highest BCUT2D eigenvalue weighted by Gasteiger charge is 2.41. The quantitative estimate of drug-likeness (QED) is 0.382. The molecule has 4 heterocycles. The Kier molecular flexibility index (Phi) is 5.68. The number of hydrogen-bond donors (Lipinski definition) is 2. The molecule has 4 aromatic rings. The van der Waals surface area contributed by atoms with Crippen LogP contribution in [0.25, 0.3) is 16.5 Å². The fourth-order valence-electron chi connectivity index (χ4n) is 4.07. The minimum Gasteiger partial charge on any atom is -0.356 e. The first kappa shape index (κ1) is 24.3. The molecule has 1 aromatic carbocycles. The Morgan fingerprint density at radius 2 is 1.76 bits per heavy atom. The summed E-state index contributed by atoms with van der Waals surface area (Å²) in [5.74, 6) is -1.64. The molecule has 0 saturated carbocycles. The molecule has 8 nitrogen and oxygen atoms in total. The number of carbonyl (C=O) groups is 1. The molecule has 5 rings (SSSR count). The first-order chi connectivity index (χ1) is 17.4. The van der Waals surface area contributed by atoms with Crippen molar-refractivity contribution in [1.29, 1.82) is 0 Å². The SMILES string of the molecule is O=C(Nc1cnc(N2CCC2)c(C(F)(F)F)c1)c1cnn(-c2cccc3c(=O)[nH]ccc23)c1C(F)(F)F. The second kappa shape index (κ2) is 8.64. The summed E-state index contributed by atoms with van der Waals surface area (Å²) in [5, 5.41) is 6.04. The van der Waals surface area contributed by atoms with Gasteiger partial charge in [-0.25, -0.2) is 9.67 Å². The van der Waals surface area contributed by atoms with E-state index in [0.29, 0.717) is 36.5 Å². The van der Waals surface area contributed by atoms with E-state index in [-0.39, 0.29) is 22.3 Å². The van der Waals surface area contributed by atoms with Crippen LogP contribution < -0.4 is 15.8 Å². The fraction of sp³-hybridized carbons (Fsp3) is 0.217. The lowest BCUT2D eigenvalue weighted by molar-refractivity contribution is -0.143.